The lowest BCUT2D eigenvalue weighted by Gasteiger charge is -2.21. The maximum absolute atomic E-state index is 11.7. The largest absolute Gasteiger partial charge is 0.462 e. The molecule has 0 aromatic carbocycles. The van der Waals surface area contributed by atoms with E-state index in [0.717, 1.165) is 0 Å². The van der Waals surface area contributed by atoms with E-state index < -0.39 is 29.4 Å². The number of esters is 3. The van der Waals surface area contributed by atoms with Crippen molar-refractivity contribution in [2.24, 2.45) is 5.41 Å². The summed E-state index contributed by atoms with van der Waals surface area (Å²) in [6.07, 6.45) is -0.821. The second-order valence-corrected chi connectivity index (χ2v) is 5.67. The highest BCUT2D eigenvalue weighted by atomic mass is 16.6. The van der Waals surface area contributed by atoms with Crippen molar-refractivity contribution < 1.29 is 28.6 Å². The first-order valence-electron chi connectivity index (χ1n) is 6.55. The molecule has 1 atom stereocenters. The van der Waals surface area contributed by atoms with Gasteiger partial charge < -0.3 is 14.2 Å². The lowest BCUT2D eigenvalue weighted by Crippen LogP contribution is -2.34. The SMILES string of the molecule is C=C(CCC(=O)OC1C(=O)OCC1(C)C)OC(=O)C(=C)C. The van der Waals surface area contributed by atoms with Crippen LogP contribution in [0.25, 0.3) is 0 Å². The van der Waals surface area contributed by atoms with Gasteiger partial charge in [0.2, 0.25) is 6.10 Å². The molecule has 0 amide bonds. The maximum Gasteiger partial charge on any atom is 0.348 e. The molecule has 1 aliphatic rings. The summed E-state index contributed by atoms with van der Waals surface area (Å²) < 4.78 is 14.9. The molecule has 6 heteroatoms. The average molecular weight is 296 g/mol. The van der Waals surface area contributed by atoms with Crippen molar-refractivity contribution in [2.45, 2.75) is 39.7 Å². The molecule has 1 aliphatic heterocycles. The topological polar surface area (TPSA) is 78.9 Å². The van der Waals surface area contributed by atoms with Crippen LogP contribution in [0.5, 0.6) is 0 Å². The zero-order valence-corrected chi connectivity index (χ0v) is 12.6. The number of ether oxygens (including phenoxy) is 3. The van der Waals surface area contributed by atoms with E-state index in [1.54, 1.807) is 13.8 Å². The van der Waals surface area contributed by atoms with Gasteiger partial charge in [-0.1, -0.05) is 27.0 Å². The van der Waals surface area contributed by atoms with Crippen molar-refractivity contribution in [3.8, 4) is 0 Å². The van der Waals surface area contributed by atoms with Crippen LogP contribution in [0.15, 0.2) is 24.5 Å². The molecule has 1 rings (SSSR count). The van der Waals surface area contributed by atoms with Crippen LogP contribution in [0.3, 0.4) is 0 Å². The molecule has 0 aliphatic carbocycles. The highest BCUT2D eigenvalue weighted by molar-refractivity contribution is 5.87. The summed E-state index contributed by atoms with van der Waals surface area (Å²) in [6.45, 7) is 12.3. The minimum Gasteiger partial charge on any atom is -0.462 e. The first-order chi connectivity index (χ1) is 9.63. The fourth-order valence-corrected chi connectivity index (χ4v) is 1.64. The molecule has 6 nitrogen and oxygen atoms in total. The van der Waals surface area contributed by atoms with Gasteiger partial charge in [0.1, 0.15) is 12.4 Å². The van der Waals surface area contributed by atoms with E-state index in [9.17, 15) is 14.4 Å². The number of hydrogen-bond acceptors (Lipinski definition) is 6. The van der Waals surface area contributed by atoms with E-state index in [1.165, 1.54) is 6.92 Å². The summed E-state index contributed by atoms with van der Waals surface area (Å²) in [4.78, 5) is 34.5. The van der Waals surface area contributed by atoms with E-state index in [0.29, 0.717) is 0 Å². The Kier molecular flexibility index (Phi) is 5.29. The lowest BCUT2D eigenvalue weighted by molar-refractivity contribution is -0.163. The Morgan fingerprint density at radius 1 is 1.33 bits per heavy atom. The Bertz CT molecular complexity index is 488. The third kappa shape index (κ3) is 4.73. The summed E-state index contributed by atoms with van der Waals surface area (Å²) >= 11 is 0. The van der Waals surface area contributed by atoms with Crippen LogP contribution in [0.4, 0.5) is 0 Å². The number of hydrogen-bond donors (Lipinski definition) is 0. The van der Waals surface area contributed by atoms with Crippen LogP contribution in [0.1, 0.15) is 33.6 Å². The minimum absolute atomic E-state index is 0.0395. The second kappa shape index (κ2) is 6.56. The molecule has 0 saturated carbocycles. The summed E-state index contributed by atoms with van der Waals surface area (Å²) in [6, 6.07) is 0. The van der Waals surface area contributed by atoms with Gasteiger partial charge in [0.05, 0.1) is 6.42 Å². The van der Waals surface area contributed by atoms with E-state index >= 15 is 0 Å². The van der Waals surface area contributed by atoms with Gasteiger partial charge in [-0.25, -0.2) is 9.59 Å². The lowest BCUT2D eigenvalue weighted by atomic mass is 9.90. The molecule has 1 heterocycles. The predicted octanol–water partition coefficient (Wildman–Crippen LogP) is 1.89. The zero-order valence-electron chi connectivity index (χ0n) is 12.6. The van der Waals surface area contributed by atoms with Crippen LogP contribution in [-0.2, 0) is 28.6 Å². The smallest absolute Gasteiger partial charge is 0.348 e. The molecule has 1 unspecified atom stereocenters. The van der Waals surface area contributed by atoms with E-state index in [4.69, 9.17) is 14.2 Å². The molecular formula is C15H20O6. The number of rotatable bonds is 6. The molecule has 0 N–H and O–H groups in total. The predicted molar refractivity (Wildman–Crippen MR) is 73.9 cm³/mol. The highest BCUT2D eigenvalue weighted by Gasteiger charge is 2.46. The highest BCUT2D eigenvalue weighted by Crippen LogP contribution is 2.31. The molecule has 0 radical (unpaired) electrons. The number of allylic oxidation sites excluding steroid dienone is 1. The van der Waals surface area contributed by atoms with Crippen LogP contribution < -0.4 is 0 Å². The minimum atomic E-state index is -0.906. The third-order valence-corrected chi connectivity index (χ3v) is 2.95. The fourth-order valence-electron chi connectivity index (χ4n) is 1.64. The molecule has 0 spiro atoms. The van der Waals surface area contributed by atoms with Crippen molar-refractivity contribution in [3.05, 3.63) is 24.5 Å². The summed E-state index contributed by atoms with van der Waals surface area (Å²) in [5.41, 5.74) is -0.301. The van der Waals surface area contributed by atoms with Gasteiger partial charge >= 0.3 is 17.9 Å². The van der Waals surface area contributed by atoms with Crippen molar-refractivity contribution in [3.63, 3.8) is 0 Å². The van der Waals surface area contributed by atoms with Gasteiger partial charge in [-0.3, -0.25) is 4.79 Å². The second-order valence-electron chi connectivity index (χ2n) is 5.67. The molecular weight excluding hydrogens is 276 g/mol. The third-order valence-electron chi connectivity index (χ3n) is 2.95. The van der Waals surface area contributed by atoms with Crippen molar-refractivity contribution >= 4 is 17.9 Å². The molecule has 0 aromatic heterocycles. The Hall–Kier alpha value is -2.11. The van der Waals surface area contributed by atoms with Crippen molar-refractivity contribution in [1.29, 1.82) is 0 Å². The summed E-state index contributed by atoms with van der Waals surface area (Å²) in [5, 5.41) is 0. The van der Waals surface area contributed by atoms with Gasteiger partial charge in [0, 0.05) is 17.4 Å². The molecule has 0 bridgehead atoms. The first-order valence-corrected chi connectivity index (χ1v) is 6.55. The normalized spacial score (nSPS) is 19.6. The van der Waals surface area contributed by atoms with Gasteiger partial charge in [-0.2, -0.15) is 0 Å². The Morgan fingerprint density at radius 3 is 2.43 bits per heavy atom. The van der Waals surface area contributed by atoms with E-state index in [2.05, 4.69) is 13.2 Å². The van der Waals surface area contributed by atoms with E-state index in [1.807, 2.05) is 0 Å². The van der Waals surface area contributed by atoms with Crippen LogP contribution in [-0.4, -0.2) is 30.6 Å². The Labute approximate surface area is 123 Å². The van der Waals surface area contributed by atoms with E-state index in [-0.39, 0.29) is 30.8 Å². The Morgan fingerprint density at radius 2 is 1.95 bits per heavy atom. The quantitative estimate of drug-likeness (QED) is 0.322. The number of carbonyl (C=O) groups excluding carboxylic acids is 3. The molecule has 1 fully saturated rings. The zero-order chi connectivity index (χ0) is 16.2. The van der Waals surface area contributed by atoms with Gasteiger partial charge in [-0.15, -0.1) is 0 Å². The molecule has 1 saturated heterocycles. The van der Waals surface area contributed by atoms with Gasteiger partial charge in [0.15, 0.2) is 0 Å². The van der Waals surface area contributed by atoms with Crippen LogP contribution in [0, 0.1) is 5.41 Å². The maximum atomic E-state index is 11.7. The Balaban J connectivity index is 2.41. The molecule has 116 valence electrons. The number of cyclic esters (lactones) is 1. The van der Waals surface area contributed by atoms with Crippen LogP contribution in [0.2, 0.25) is 0 Å². The van der Waals surface area contributed by atoms with Crippen molar-refractivity contribution in [2.75, 3.05) is 6.61 Å². The summed E-state index contributed by atoms with van der Waals surface area (Å²) in [5.74, 6) is -1.55. The summed E-state index contributed by atoms with van der Waals surface area (Å²) in [7, 11) is 0. The first kappa shape index (κ1) is 16.9. The van der Waals surface area contributed by atoms with Gasteiger partial charge in [0.25, 0.3) is 0 Å². The standard InChI is InChI=1S/C15H20O6/c1-9(2)13(17)20-10(3)6-7-11(16)21-12-14(18)19-8-15(12,4)5/h12H,1,3,6-8H2,2,4-5H3. The van der Waals surface area contributed by atoms with Crippen molar-refractivity contribution in [1.82, 2.24) is 0 Å². The average Bonchev–Trinajstić information content (AvgIpc) is 2.63. The van der Waals surface area contributed by atoms with Gasteiger partial charge in [-0.05, 0) is 6.92 Å². The monoisotopic (exact) mass is 296 g/mol. The number of carbonyl (C=O) groups is 3. The molecule has 0 aromatic rings. The van der Waals surface area contributed by atoms with Crippen LogP contribution >= 0.6 is 0 Å². The fraction of sp³-hybridized carbons (Fsp3) is 0.533. The molecule has 21 heavy (non-hydrogen) atoms.